The van der Waals surface area contributed by atoms with E-state index in [1.165, 1.54) is 7.11 Å². The lowest BCUT2D eigenvalue weighted by atomic mass is 10.2. The van der Waals surface area contributed by atoms with Crippen molar-refractivity contribution in [3.8, 4) is 0 Å². The molecule has 0 bridgehead atoms. The van der Waals surface area contributed by atoms with Crippen LogP contribution in [0.15, 0.2) is 29.2 Å². The van der Waals surface area contributed by atoms with Gasteiger partial charge in [-0.3, -0.25) is 4.79 Å². The molecule has 1 aromatic rings. The summed E-state index contributed by atoms with van der Waals surface area (Å²) >= 11 is 7.67. The topological polar surface area (TPSA) is 38.3 Å². The van der Waals surface area contributed by atoms with Gasteiger partial charge in [0.15, 0.2) is 0 Å². The third-order valence-electron chi connectivity index (χ3n) is 2.33. The zero-order chi connectivity index (χ0) is 12.7. The standard InChI is InChI=1S/C12H16ClNO2S/c1-14-10(12(15)16-2)7-8-17-11-6-4-3-5-9(11)13/h3-6,10,14H,7-8H2,1-2H3. The third kappa shape index (κ3) is 4.58. The van der Waals surface area contributed by atoms with Crippen LogP contribution < -0.4 is 5.32 Å². The average Bonchev–Trinajstić information content (AvgIpc) is 2.36. The van der Waals surface area contributed by atoms with E-state index < -0.39 is 0 Å². The Labute approximate surface area is 111 Å². The second-order valence-corrected chi connectivity index (χ2v) is 4.98. The van der Waals surface area contributed by atoms with Gasteiger partial charge in [0.25, 0.3) is 0 Å². The van der Waals surface area contributed by atoms with Crippen molar-refractivity contribution in [3.63, 3.8) is 0 Å². The van der Waals surface area contributed by atoms with Gasteiger partial charge in [0.1, 0.15) is 6.04 Å². The lowest BCUT2D eigenvalue weighted by molar-refractivity contribution is -0.143. The average molecular weight is 274 g/mol. The molecular weight excluding hydrogens is 258 g/mol. The summed E-state index contributed by atoms with van der Waals surface area (Å²) < 4.78 is 4.69. The first-order valence-electron chi connectivity index (χ1n) is 5.31. The van der Waals surface area contributed by atoms with E-state index in [0.29, 0.717) is 6.42 Å². The highest BCUT2D eigenvalue weighted by atomic mass is 35.5. The minimum absolute atomic E-state index is 0.229. The number of hydrogen-bond acceptors (Lipinski definition) is 4. The number of carbonyl (C=O) groups is 1. The molecular formula is C12H16ClNO2S. The quantitative estimate of drug-likeness (QED) is 0.639. The van der Waals surface area contributed by atoms with Crippen molar-refractivity contribution < 1.29 is 9.53 Å². The lowest BCUT2D eigenvalue weighted by Gasteiger charge is -2.13. The maximum absolute atomic E-state index is 11.3. The molecule has 0 aliphatic heterocycles. The Bertz CT molecular complexity index is 373. The highest BCUT2D eigenvalue weighted by Gasteiger charge is 2.16. The normalized spacial score (nSPS) is 12.2. The molecule has 1 unspecified atom stereocenters. The molecule has 0 radical (unpaired) electrons. The maximum Gasteiger partial charge on any atom is 0.322 e. The molecule has 1 atom stereocenters. The Morgan fingerprint density at radius 1 is 1.53 bits per heavy atom. The largest absolute Gasteiger partial charge is 0.468 e. The number of esters is 1. The smallest absolute Gasteiger partial charge is 0.322 e. The van der Waals surface area contributed by atoms with E-state index in [1.54, 1.807) is 18.8 Å². The fourth-order valence-corrected chi connectivity index (χ4v) is 2.62. The van der Waals surface area contributed by atoms with Crippen molar-refractivity contribution >= 4 is 29.3 Å². The van der Waals surface area contributed by atoms with E-state index >= 15 is 0 Å². The molecule has 0 aliphatic rings. The fraction of sp³-hybridized carbons (Fsp3) is 0.417. The van der Waals surface area contributed by atoms with Crippen molar-refractivity contribution in [2.24, 2.45) is 0 Å². The number of thioether (sulfide) groups is 1. The van der Waals surface area contributed by atoms with Crippen molar-refractivity contribution in [2.75, 3.05) is 19.9 Å². The summed E-state index contributed by atoms with van der Waals surface area (Å²) in [5.41, 5.74) is 0. The highest BCUT2D eigenvalue weighted by molar-refractivity contribution is 7.99. The Kier molecular flexibility index (Phi) is 6.40. The Morgan fingerprint density at radius 3 is 2.82 bits per heavy atom. The first kappa shape index (κ1) is 14.4. The predicted octanol–water partition coefficient (Wildman–Crippen LogP) is 2.58. The molecule has 3 nitrogen and oxygen atoms in total. The number of carbonyl (C=O) groups excluding carboxylic acids is 1. The summed E-state index contributed by atoms with van der Waals surface area (Å²) in [6.45, 7) is 0. The van der Waals surface area contributed by atoms with Crippen LogP contribution in [0.25, 0.3) is 0 Å². The van der Waals surface area contributed by atoms with E-state index in [9.17, 15) is 4.79 Å². The van der Waals surface area contributed by atoms with Gasteiger partial charge >= 0.3 is 5.97 Å². The molecule has 0 spiro atoms. The predicted molar refractivity (Wildman–Crippen MR) is 71.7 cm³/mol. The number of nitrogens with one attached hydrogen (secondary N) is 1. The van der Waals surface area contributed by atoms with Gasteiger partial charge in [0.05, 0.1) is 12.1 Å². The molecule has 1 rings (SSSR count). The summed E-state index contributed by atoms with van der Waals surface area (Å²) in [5.74, 6) is 0.580. The van der Waals surface area contributed by atoms with Crippen molar-refractivity contribution in [1.29, 1.82) is 0 Å². The zero-order valence-corrected chi connectivity index (χ0v) is 11.5. The van der Waals surface area contributed by atoms with Crippen molar-refractivity contribution in [1.82, 2.24) is 5.32 Å². The van der Waals surface area contributed by atoms with Gasteiger partial charge in [0.2, 0.25) is 0 Å². The first-order valence-corrected chi connectivity index (χ1v) is 6.67. The van der Waals surface area contributed by atoms with Gasteiger partial charge in [-0.25, -0.2) is 0 Å². The number of benzene rings is 1. The SMILES string of the molecule is CNC(CCSc1ccccc1Cl)C(=O)OC. The molecule has 0 fully saturated rings. The van der Waals surface area contributed by atoms with Gasteiger partial charge in [0, 0.05) is 10.6 Å². The summed E-state index contributed by atoms with van der Waals surface area (Å²) in [5, 5.41) is 3.68. The van der Waals surface area contributed by atoms with Crippen molar-refractivity contribution in [3.05, 3.63) is 29.3 Å². The van der Waals surface area contributed by atoms with Gasteiger partial charge in [-0.15, -0.1) is 11.8 Å². The summed E-state index contributed by atoms with van der Waals surface area (Å²) in [6, 6.07) is 7.43. The molecule has 94 valence electrons. The number of methoxy groups -OCH3 is 1. The second kappa shape index (κ2) is 7.58. The van der Waals surface area contributed by atoms with E-state index in [4.69, 9.17) is 16.3 Å². The van der Waals surface area contributed by atoms with Crippen LogP contribution in [0.4, 0.5) is 0 Å². The van der Waals surface area contributed by atoms with Gasteiger partial charge in [-0.05, 0) is 25.6 Å². The van der Waals surface area contributed by atoms with E-state index in [2.05, 4.69) is 5.32 Å². The number of halogens is 1. The van der Waals surface area contributed by atoms with Crippen LogP contribution in [-0.4, -0.2) is 31.9 Å². The third-order valence-corrected chi connectivity index (χ3v) is 3.88. The fourth-order valence-electron chi connectivity index (χ4n) is 1.37. The monoisotopic (exact) mass is 273 g/mol. The van der Waals surface area contributed by atoms with E-state index in [0.717, 1.165) is 15.7 Å². The molecule has 0 heterocycles. The Hall–Kier alpha value is -0.710. The summed E-state index contributed by atoms with van der Waals surface area (Å²) in [4.78, 5) is 12.4. The van der Waals surface area contributed by atoms with Crippen molar-refractivity contribution in [2.45, 2.75) is 17.4 Å². The van der Waals surface area contributed by atoms with Crippen LogP contribution in [-0.2, 0) is 9.53 Å². The number of hydrogen-bond donors (Lipinski definition) is 1. The minimum atomic E-state index is -0.255. The van der Waals surface area contributed by atoms with Crippen LogP contribution in [0.2, 0.25) is 5.02 Å². The molecule has 0 aromatic heterocycles. The molecule has 0 amide bonds. The molecule has 0 saturated heterocycles. The molecule has 1 aromatic carbocycles. The molecule has 5 heteroatoms. The summed E-state index contributed by atoms with van der Waals surface area (Å²) in [7, 11) is 3.15. The number of ether oxygens (including phenoxy) is 1. The van der Waals surface area contributed by atoms with Gasteiger partial charge < -0.3 is 10.1 Å². The second-order valence-electron chi connectivity index (χ2n) is 3.43. The van der Waals surface area contributed by atoms with Gasteiger partial charge in [-0.1, -0.05) is 23.7 Å². The van der Waals surface area contributed by atoms with Crippen LogP contribution in [0.1, 0.15) is 6.42 Å². The first-order chi connectivity index (χ1) is 8.19. The zero-order valence-electron chi connectivity index (χ0n) is 9.90. The maximum atomic E-state index is 11.3. The van der Waals surface area contributed by atoms with Crippen LogP contribution in [0.5, 0.6) is 0 Å². The van der Waals surface area contributed by atoms with Gasteiger partial charge in [-0.2, -0.15) is 0 Å². The minimum Gasteiger partial charge on any atom is -0.468 e. The Balaban J connectivity index is 2.42. The molecule has 0 aliphatic carbocycles. The molecule has 17 heavy (non-hydrogen) atoms. The highest BCUT2D eigenvalue weighted by Crippen LogP contribution is 2.27. The van der Waals surface area contributed by atoms with Crippen LogP contribution in [0, 0.1) is 0 Å². The molecule has 1 N–H and O–H groups in total. The number of likely N-dealkylation sites (N-methyl/N-ethyl adjacent to an activating group) is 1. The van der Waals surface area contributed by atoms with E-state index in [1.807, 2.05) is 24.3 Å². The number of rotatable bonds is 6. The lowest BCUT2D eigenvalue weighted by Crippen LogP contribution is -2.35. The van der Waals surface area contributed by atoms with Crippen LogP contribution in [0.3, 0.4) is 0 Å². The van der Waals surface area contributed by atoms with Crippen LogP contribution >= 0.6 is 23.4 Å². The van der Waals surface area contributed by atoms with E-state index in [-0.39, 0.29) is 12.0 Å². The summed E-state index contributed by atoms with van der Waals surface area (Å²) in [6.07, 6.45) is 0.707. The Morgan fingerprint density at radius 2 is 2.24 bits per heavy atom. The molecule has 0 saturated carbocycles.